The first kappa shape index (κ1) is 12.2. The van der Waals surface area contributed by atoms with Crippen LogP contribution in [0.2, 0.25) is 0 Å². The van der Waals surface area contributed by atoms with E-state index < -0.39 is 0 Å². The Morgan fingerprint density at radius 1 is 1.53 bits per heavy atom. The van der Waals surface area contributed by atoms with Crippen LogP contribution in [0.5, 0.6) is 0 Å². The molecule has 1 atom stereocenters. The summed E-state index contributed by atoms with van der Waals surface area (Å²) in [4.78, 5) is 4.20. The highest BCUT2D eigenvalue weighted by Gasteiger charge is 2.02. The summed E-state index contributed by atoms with van der Waals surface area (Å²) in [7, 11) is 0. The number of nitrogen functional groups attached to an aromatic ring is 1. The van der Waals surface area contributed by atoms with E-state index in [1.54, 1.807) is 6.07 Å². The number of nitrogens with zero attached hydrogens (tertiary/aromatic N) is 1. The van der Waals surface area contributed by atoms with Crippen molar-refractivity contribution in [3.63, 3.8) is 0 Å². The van der Waals surface area contributed by atoms with Crippen molar-refractivity contribution in [2.24, 2.45) is 0 Å². The molecule has 0 saturated carbocycles. The Bertz CT molecular complexity index is 291. The van der Waals surface area contributed by atoms with Gasteiger partial charge in [0.15, 0.2) is 0 Å². The van der Waals surface area contributed by atoms with E-state index in [0.29, 0.717) is 11.9 Å². The zero-order valence-corrected chi connectivity index (χ0v) is 10.2. The number of nitrogens with two attached hydrogens (primary N) is 1. The van der Waals surface area contributed by atoms with Crippen molar-refractivity contribution < 1.29 is 0 Å². The molecule has 0 aliphatic heterocycles. The summed E-state index contributed by atoms with van der Waals surface area (Å²) < 4.78 is 0. The first-order valence-electron chi connectivity index (χ1n) is 5.29. The standard InChI is InChI=1S/C11H19N3S/c1-3-15-8-7-9(2)13-11-6-4-5-10(12)14-11/h4-6,9H,3,7-8H2,1-2H3,(H3,12,13,14). The summed E-state index contributed by atoms with van der Waals surface area (Å²) in [5, 5.41) is 3.34. The number of pyridine rings is 1. The molecule has 0 saturated heterocycles. The number of thioether (sulfide) groups is 1. The van der Waals surface area contributed by atoms with Crippen molar-refractivity contribution in [3.05, 3.63) is 18.2 Å². The first-order valence-corrected chi connectivity index (χ1v) is 6.44. The third-order valence-electron chi connectivity index (χ3n) is 2.06. The van der Waals surface area contributed by atoms with Crippen LogP contribution in [0.4, 0.5) is 11.6 Å². The van der Waals surface area contributed by atoms with E-state index in [-0.39, 0.29) is 0 Å². The van der Waals surface area contributed by atoms with Gasteiger partial charge < -0.3 is 11.1 Å². The Morgan fingerprint density at radius 3 is 3.00 bits per heavy atom. The fourth-order valence-corrected chi connectivity index (χ4v) is 2.07. The maximum atomic E-state index is 5.60. The molecule has 0 aromatic carbocycles. The molecule has 0 radical (unpaired) electrons. The lowest BCUT2D eigenvalue weighted by molar-refractivity contribution is 0.767. The predicted molar refractivity (Wildman–Crippen MR) is 69.4 cm³/mol. The Kier molecular flexibility index (Phi) is 5.32. The Labute approximate surface area is 95.9 Å². The van der Waals surface area contributed by atoms with Crippen molar-refractivity contribution in [3.8, 4) is 0 Å². The van der Waals surface area contributed by atoms with E-state index in [4.69, 9.17) is 5.73 Å². The van der Waals surface area contributed by atoms with Gasteiger partial charge in [-0.05, 0) is 37.0 Å². The molecule has 84 valence electrons. The van der Waals surface area contributed by atoms with Crippen molar-refractivity contribution in [2.75, 3.05) is 22.6 Å². The normalized spacial score (nSPS) is 12.4. The SMILES string of the molecule is CCSCCC(C)Nc1cccc(N)n1. The molecular formula is C11H19N3S. The van der Waals surface area contributed by atoms with E-state index in [1.165, 1.54) is 11.5 Å². The van der Waals surface area contributed by atoms with Crippen molar-refractivity contribution >= 4 is 23.4 Å². The molecule has 0 amide bonds. The molecule has 4 heteroatoms. The second kappa shape index (κ2) is 6.56. The molecule has 1 unspecified atom stereocenters. The van der Waals surface area contributed by atoms with Crippen molar-refractivity contribution in [2.45, 2.75) is 26.3 Å². The lowest BCUT2D eigenvalue weighted by Crippen LogP contribution is -2.17. The van der Waals surface area contributed by atoms with E-state index >= 15 is 0 Å². The fraction of sp³-hybridized carbons (Fsp3) is 0.545. The van der Waals surface area contributed by atoms with Crippen molar-refractivity contribution in [1.82, 2.24) is 4.98 Å². The molecule has 0 fully saturated rings. The molecule has 1 heterocycles. The van der Waals surface area contributed by atoms with Crippen LogP contribution >= 0.6 is 11.8 Å². The van der Waals surface area contributed by atoms with E-state index in [1.807, 2.05) is 23.9 Å². The minimum absolute atomic E-state index is 0.443. The fourth-order valence-electron chi connectivity index (χ4n) is 1.26. The summed E-state index contributed by atoms with van der Waals surface area (Å²) in [5.74, 6) is 3.80. The molecular weight excluding hydrogens is 206 g/mol. The highest BCUT2D eigenvalue weighted by atomic mass is 32.2. The average molecular weight is 225 g/mol. The smallest absolute Gasteiger partial charge is 0.128 e. The van der Waals surface area contributed by atoms with Crippen LogP contribution in [0, 0.1) is 0 Å². The van der Waals surface area contributed by atoms with Crippen LogP contribution < -0.4 is 11.1 Å². The van der Waals surface area contributed by atoms with Gasteiger partial charge in [0.2, 0.25) is 0 Å². The molecule has 0 aliphatic carbocycles. The minimum atomic E-state index is 0.443. The second-order valence-corrected chi connectivity index (χ2v) is 4.87. The highest BCUT2D eigenvalue weighted by molar-refractivity contribution is 7.99. The lowest BCUT2D eigenvalue weighted by Gasteiger charge is -2.14. The van der Waals surface area contributed by atoms with Gasteiger partial charge in [-0.2, -0.15) is 11.8 Å². The lowest BCUT2D eigenvalue weighted by atomic mass is 10.2. The molecule has 1 aromatic heterocycles. The van der Waals surface area contributed by atoms with Crippen LogP contribution in [0.1, 0.15) is 20.3 Å². The van der Waals surface area contributed by atoms with Gasteiger partial charge in [-0.3, -0.25) is 0 Å². The van der Waals surface area contributed by atoms with Gasteiger partial charge in [-0.15, -0.1) is 0 Å². The molecule has 1 rings (SSSR count). The monoisotopic (exact) mass is 225 g/mol. The zero-order chi connectivity index (χ0) is 11.1. The molecule has 1 aromatic rings. The molecule has 0 spiro atoms. The van der Waals surface area contributed by atoms with E-state index in [9.17, 15) is 0 Å². The van der Waals surface area contributed by atoms with Crippen LogP contribution in [-0.2, 0) is 0 Å². The van der Waals surface area contributed by atoms with Crippen LogP contribution in [0.3, 0.4) is 0 Å². The quantitative estimate of drug-likeness (QED) is 0.731. The third kappa shape index (κ3) is 4.93. The molecule has 0 aliphatic rings. The largest absolute Gasteiger partial charge is 0.384 e. The van der Waals surface area contributed by atoms with Crippen LogP contribution in [0.25, 0.3) is 0 Å². The van der Waals surface area contributed by atoms with Gasteiger partial charge in [0, 0.05) is 6.04 Å². The number of rotatable bonds is 6. The zero-order valence-electron chi connectivity index (χ0n) is 9.36. The average Bonchev–Trinajstić information content (AvgIpc) is 2.18. The summed E-state index contributed by atoms with van der Waals surface area (Å²) in [5.41, 5.74) is 5.60. The van der Waals surface area contributed by atoms with Gasteiger partial charge in [0.05, 0.1) is 0 Å². The van der Waals surface area contributed by atoms with Gasteiger partial charge in [0.25, 0.3) is 0 Å². The van der Waals surface area contributed by atoms with Gasteiger partial charge in [0.1, 0.15) is 11.6 Å². The molecule has 15 heavy (non-hydrogen) atoms. The Hall–Kier alpha value is -0.900. The number of nitrogens with one attached hydrogen (secondary N) is 1. The summed E-state index contributed by atoms with van der Waals surface area (Å²) in [6.45, 7) is 4.35. The van der Waals surface area contributed by atoms with Crippen molar-refractivity contribution in [1.29, 1.82) is 0 Å². The third-order valence-corrected chi connectivity index (χ3v) is 3.00. The topological polar surface area (TPSA) is 50.9 Å². The van der Waals surface area contributed by atoms with Gasteiger partial charge in [-0.25, -0.2) is 4.98 Å². The Morgan fingerprint density at radius 2 is 2.33 bits per heavy atom. The number of anilines is 2. The number of hydrogen-bond acceptors (Lipinski definition) is 4. The maximum Gasteiger partial charge on any atom is 0.128 e. The highest BCUT2D eigenvalue weighted by Crippen LogP contribution is 2.10. The maximum absolute atomic E-state index is 5.60. The Balaban J connectivity index is 2.34. The number of aromatic nitrogens is 1. The summed E-state index contributed by atoms with van der Waals surface area (Å²) >= 11 is 1.97. The van der Waals surface area contributed by atoms with Crippen LogP contribution in [-0.4, -0.2) is 22.5 Å². The minimum Gasteiger partial charge on any atom is -0.384 e. The van der Waals surface area contributed by atoms with E-state index in [0.717, 1.165) is 12.2 Å². The summed E-state index contributed by atoms with van der Waals surface area (Å²) in [6.07, 6.45) is 1.15. The van der Waals surface area contributed by atoms with Crippen LogP contribution in [0.15, 0.2) is 18.2 Å². The number of hydrogen-bond donors (Lipinski definition) is 2. The molecule has 3 N–H and O–H groups in total. The second-order valence-electron chi connectivity index (χ2n) is 3.48. The molecule has 0 bridgehead atoms. The van der Waals surface area contributed by atoms with E-state index in [2.05, 4.69) is 24.1 Å². The summed E-state index contributed by atoms with van der Waals surface area (Å²) in [6, 6.07) is 6.10. The van der Waals surface area contributed by atoms with Gasteiger partial charge in [-0.1, -0.05) is 13.0 Å². The van der Waals surface area contributed by atoms with Gasteiger partial charge >= 0.3 is 0 Å². The molecule has 3 nitrogen and oxygen atoms in total. The predicted octanol–water partition coefficient (Wildman–Crippen LogP) is 2.61. The first-order chi connectivity index (χ1) is 7.22.